The van der Waals surface area contributed by atoms with Gasteiger partial charge in [0, 0.05) is 51.1 Å². The largest absolute Gasteiger partial charge is 0.466 e. The number of ether oxygens (including phenoxy) is 6. The number of nitrogens with one attached hydrogen (secondary N) is 1. The smallest absolute Gasteiger partial charge is 0.306 e. The van der Waals surface area contributed by atoms with Gasteiger partial charge in [-0.05, 0) is 185 Å². The van der Waals surface area contributed by atoms with E-state index in [1.54, 1.807) is 0 Å². The minimum Gasteiger partial charge on any atom is -0.466 e. The third kappa shape index (κ3) is 62.3. The highest BCUT2D eigenvalue weighted by Gasteiger charge is 2.41. The summed E-state index contributed by atoms with van der Waals surface area (Å²) in [6.45, 7) is 25.0. The molecule has 14 nitrogen and oxygen atoms in total. The molecular weight excluding hydrogens is 1440 g/mol. The molecule has 7 atom stereocenters. The van der Waals surface area contributed by atoms with Crippen molar-refractivity contribution in [2.75, 3.05) is 73.3 Å². The third-order valence-corrected chi connectivity index (χ3v) is 26.0. The molecule has 2 aliphatic heterocycles. The fraction of sp³-hybridized carbons (Fsp3) is 0.951. The van der Waals surface area contributed by atoms with E-state index in [-0.39, 0.29) is 41.9 Å². The molecule has 0 spiro atoms. The van der Waals surface area contributed by atoms with Gasteiger partial charge < -0.3 is 43.5 Å². The van der Waals surface area contributed by atoms with Gasteiger partial charge in [0.05, 0.1) is 45.7 Å². The fourth-order valence-corrected chi connectivity index (χ4v) is 18.9. The van der Waals surface area contributed by atoms with Gasteiger partial charge in [-0.25, -0.2) is 0 Å². The van der Waals surface area contributed by atoms with Crippen LogP contribution >= 0.6 is 0 Å². The molecule has 0 radical (unpaired) electrons. The molecule has 0 aromatic rings. The molecule has 2 fully saturated rings. The van der Waals surface area contributed by atoms with E-state index >= 15 is 0 Å². The Balaban J connectivity index is 1.80. The van der Waals surface area contributed by atoms with E-state index < -0.39 is 5.79 Å². The number of esters is 4. The zero-order valence-corrected chi connectivity index (χ0v) is 78.7. The van der Waals surface area contributed by atoms with Crippen molar-refractivity contribution in [3.8, 4) is 0 Å². The maximum Gasteiger partial charge on any atom is 0.306 e. The number of likely N-dealkylation sites (N-methyl/N-ethyl adjacent to an activating group) is 1. The van der Waals surface area contributed by atoms with E-state index in [4.69, 9.17) is 28.4 Å². The van der Waals surface area contributed by atoms with Gasteiger partial charge in [0.25, 0.3) is 0 Å². The second kappa shape index (κ2) is 78.2. The maximum absolute atomic E-state index is 14.0. The quantitative estimate of drug-likeness (QED) is 0.0349. The summed E-state index contributed by atoms with van der Waals surface area (Å²) in [5, 5.41) is 3.37. The SMILES string of the molecule is CCCCCC(CCCCC)CC(=O)OCCCCCCCCCC(CCCCCCCCCOC(=O)CC(CCCCC)CC(CCC)C(CCCC)C(CCCCC)CC(=O)OCCCCCCCCCC1(CCCCCCCCCOC(=O)CC(CCCCC)CCCCC)OCC(CCN2CCCC2)O1)NC(=O)CN(C)C. The molecule has 2 rings (SSSR count). The summed E-state index contributed by atoms with van der Waals surface area (Å²) in [4.78, 5) is 70.6. The van der Waals surface area contributed by atoms with Crippen LogP contribution in [0.1, 0.15) is 498 Å². The number of rotatable bonds is 87. The first-order valence-corrected chi connectivity index (χ1v) is 51.3. The Bertz CT molecular complexity index is 2210. The van der Waals surface area contributed by atoms with Crippen molar-refractivity contribution in [3.05, 3.63) is 0 Å². The lowest BCUT2D eigenvalue weighted by atomic mass is 9.69. The van der Waals surface area contributed by atoms with Crippen LogP contribution in [-0.4, -0.2) is 131 Å². The molecular formula is C102H195N3O11. The van der Waals surface area contributed by atoms with E-state index in [0.29, 0.717) is 94.2 Å². The van der Waals surface area contributed by atoms with Crippen molar-refractivity contribution in [1.29, 1.82) is 0 Å². The van der Waals surface area contributed by atoms with Crippen LogP contribution in [0.2, 0.25) is 0 Å². The van der Waals surface area contributed by atoms with E-state index in [2.05, 4.69) is 65.6 Å². The molecule has 0 bridgehead atoms. The number of nitrogens with zero attached hydrogens (tertiary/aromatic N) is 2. The van der Waals surface area contributed by atoms with Crippen LogP contribution < -0.4 is 5.32 Å². The van der Waals surface area contributed by atoms with Crippen LogP contribution in [0.15, 0.2) is 0 Å². The molecule has 684 valence electrons. The Hall–Kier alpha value is -2.81. The van der Waals surface area contributed by atoms with Crippen LogP contribution in [0.25, 0.3) is 0 Å². The number of unbranched alkanes of at least 4 members (excludes halogenated alkanes) is 37. The molecule has 2 aliphatic rings. The fourth-order valence-electron chi connectivity index (χ4n) is 18.9. The molecule has 0 aromatic carbocycles. The van der Waals surface area contributed by atoms with E-state index in [1.165, 1.54) is 219 Å². The number of carbonyl (C=O) groups excluding carboxylic acids is 5. The van der Waals surface area contributed by atoms with E-state index in [1.807, 2.05) is 19.0 Å². The van der Waals surface area contributed by atoms with Crippen LogP contribution in [0.5, 0.6) is 0 Å². The lowest BCUT2D eigenvalue weighted by Gasteiger charge is -2.36. The number of hydrogen-bond donors (Lipinski definition) is 1. The molecule has 1 N–H and O–H groups in total. The van der Waals surface area contributed by atoms with Gasteiger partial charge in [0.15, 0.2) is 5.79 Å². The first kappa shape index (κ1) is 109. The number of amides is 1. The first-order valence-electron chi connectivity index (χ1n) is 51.3. The van der Waals surface area contributed by atoms with Gasteiger partial charge in [-0.1, -0.05) is 338 Å². The lowest BCUT2D eigenvalue weighted by Crippen LogP contribution is -2.40. The van der Waals surface area contributed by atoms with Gasteiger partial charge in [0.2, 0.25) is 5.91 Å². The number of likely N-dealkylation sites (tertiary alicyclic amines) is 1. The Morgan fingerprint density at radius 3 is 1.10 bits per heavy atom. The van der Waals surface area contributed by atoms with Gasteiger partial charge in [-0.2, -0.15) is 0 Å². The standard InChI is InChI=1S/C102H195N3O11/c1-11-19-46-63-89(64-47-20-12-2)83-98(107)111-78-58-42-34-26-30-38-52-69-94(103-97(106)87-104(9)10)70-53-39-31-27-35-43-60-80-113-100(109)85-91(67-50-23-15-5)82-92(62-18-8)96(71-25-17-7)93(68-51-24-16-6)86-101(110)114-81-61-45-37-29-33-41-55-74-102(115-88-95(116-102)72-77-105-75-56-57-76-105)73-54-40-32-28-36-44-59-79-112-99(108)84-90(65-48-21-13-3)66-49-22-14-4/h89-96H,11-88H2,1-10H3,(H,103,106). The van der Waals surface area contributed by atoms with Crippen LogP contribution in [0, 0.1) is 35.5 Å². The molecule has 0 aliphatic carbocycles. The van der Waals surface area contributed by atoms with Crippen LogP contribution in [-0.2, 0) is 52.4 Å². The van der Waals surface area contributed by atoms with Crippen molar-refractivity contribution in [3.63, 3.8) is 0 Å². The van der Waals surface area contributed by atoms with Crippen molar-refractivity contribution < 1.29 is 52.4 Å². The average Bonchev–Trinajstić information content (AvgIpc) is 1.67. The Morgan fingerprint density at radius 1 is 0.371 bits per heavy atom. The zero-order chi connectivity index (χ0) is 84.3. The highest BCUT2D eigenvalue weighted by Crippen LogP contribution is 2.41. The number of carbonyl (C=O) groups is 5. The van der Waals surface area contributed by atoms with Crippen molar-refractivity contribution in [2.24, 2.45) is 35.5 Å². The molecule has 2 saturated heterocycles. The van der Waals surface area contributed by atoms with E-state index in [9.17, 15) is 24.0 Å². The van der Waals surface area contributed by atoms with Gasteiger partial charge >= 0.3 is 23.9 Å². The normalized spacial score (nSPS) is 16.5. The summed E-state index contributed by atoms with van der Waals surface area (Å²) in [5.74, 6) is 2.15. The Kier molecular flexibility index (Phi) is 73.6. The maximum atomic E-state index is 14.0. The molecule has 14 heteroatoms. The first-order chi connectivity index (χ1) is 56.7. The van der Waals surface area contributed by atoms with Crippen molar-refractivity contribution >= 4 is 29.8 Å². The summed E-state index contributed by atoms with van der Waals surface area (Å²) in [5.41, 5.74) is 0. The summed E-state index contributed by atoms with van der Waals surface area (Å²) < 4.78 is 37.2. The predicted octanol–water partition coefficient (Wildman–Crippen LogP) is 28.4. The number of hydrogen-bond acceptors (Lipinski definition) is 13. The third-order valence-electron chi connectivity index (χ3n) is 26.0. The molecule has 116 heavy (non-hydrogen) atoms. The summed E-state index contributed by atoms with van der Waals surface area (Å²) in [7, 11) is 3.91. The molecule has 1 amide bonds. The molecule has 2 heterocycles. The van der Waals surface area contributed by atoms with Crippen LogP contribution in [0.4, 0.5) is 0 Å². The summed E-state index contributed by atoms with van der Waals surface area (Å²) >= 11 is 0. The second-order valence-corrected chi connectivity index (χ2v) is 37.4. The molecule has 0 saturated carbocycles. The highest BCUT2D eigenvalue weighted by atomic mass is 16.7. The monoisotopic (exact) mass is 1640 g/mol. The van der Waals surface area contributed by atoms with E-state index in [0.717, 1.165) is 225 Å². The molecule has 0 aromatic heterocycles. The summed E-state index contributed by atoms with van der Waals surface area (Å²) in [6, 6.07) is 0.227. The Morgan fingerprint density at radius 2 is 0.716 bits per heavy atom. The van der Waals surface area contributed by atoms with Gasteiger partial charge in [-0.15, -0.1) is 0 Å². The van der Waals surface area contributed by atoms with Crippen LogP contribution in [0.3, 0.4) is 0 Å². The minimum absolute atomic E-state index is 0.00338. The second-order valence-electron chi connectivity index (χ2n) is 37.4. The highest BCUT2D eigenvalue weighted by molar-refractivity contribution is 5.78. The van der Waals surface area contributed by atoms with Gasteiger partial charge in [-0.3, -0.25) is 24.0 Å². The van der Waals surface area contributed by atoms with Crippen molar-refractivity contribution in [1.82, 2.24) is 15.1 Å². The summed E-state index contributed by atoms with van der Waals surface area (Å²) in [6.07, 6.45) is 77.2. The zero-order valence-electron chi connectivity index (χ0n) is 78.7. The minimum atomic E-state index is -0.438. The average molecular weight is 1640 g/mol. The molecule has 7 unspecified atom stereocenters. The lowest BCUT2D eigenvalue weighted by molar-refractivity contribution is -0.180. The van der Waals surface area contributed by atoms with Gasteiger partial charge in [0.1, 0.15) is 0 Å². The topological polar surface area (TPSA) is 159 Å². The van der Waals surface area contributed by atoms with Crippen molar-refractivity contribution in [2.45, 2.75) is 516 Å². The predicted molar refractivity (Wildman–Crippen MR) is 489 cm³/mol. The Labute approximate surface area is 718 Å².